The maximum atomic E-state index is 5.64. The maximum absolute atomic E-state index is 5.64. The van der Waals surface area contributed by atoms with Crippen molar-refractivity contribution in [2.75, 3.05) is 32.9 Å². The molecule has 0 aromatic heterocycles. The summed E-state index contributed by atoms with van der Waals surface area (Å²) in [4.78, 5) is 0. The second-order valence-electron chi connectivity index (χ2n) is 4.33. The van der Waals surface area contributed by atoms with E-state index in [1.54, 1.807) is 0 Å². The van der Waals surface area contributed by atoms with Crippen LogP contribution in [0.25, 0.3) is 0 Å². The number of benzene rings is 1. The summed E-state index contributed by atoms with van der Waals surface area (Å²) >= 11 is 0. The lowest BCUT2D eigenvalue weighted by Gasteiger charge is -2.09. The van der Waals surface area contributed by atoms with Crippen LogP contribution in [0.15, 0.2) is 24.3 Å². The molecule has 0 atom stereocenters. The van der Waals surface area contributed by atoms with E-state index in [1.165, 1.54) is 18.4 Å². The van der Waals surface area contributed by atoms with Gasteiger partial charge in [-0.2, -0.15) is 0 Å². The van der Waals surface area contributed by atoms with Crippen molar-refractivity contribution in [2.24, 2.45) is 0 Å². The summed E-state index contributed by atoms with van der Waals surface area (Å²) < 4.78 is 11.1. The largest absolute Gasteiger partial charge is 0.491 e. The van der Waals surface area contributed by atoms with Gasteiger partial charge in [0.25, 0.3) is 0 Å². The highest BCUT2D eigenvalue weighted by Gasteiger charge is 1.96. The Labute approximate surface area is 110 Å². The van der Waals surface area contributed by atoms with Gasteiger partial charge in [0.05, 0.1) is 13.2 Å². The number of aryl methyl sites for hydroxylation is 1. The summed E-state index contributed by atoms with van der Waals surface area (Å²) in [5, 5.41) is 3.34. The van der Waals surface area contributed by atoms with Gasteiger partial charge in [0, 0.05) is 6.54 Å². The number of unbranched alkanes of at least 4 members (excludes halogenated alkanes) is 1. The molecular formula is C15H25NO2. The number of para-hydroxylation sites is 1. The first-order valence-corrected chi connectivity index (χ1v) is 6.81. The van der Waals surface area contributed by atoms with Gasteiger partial charge in [0.1, 0.15) is 12.4 Å². The van der Waals surface area contributed by atoms with Crippen LogP contribution in [0, 0.1) is 6.92 Å². The lowest BCUT2D eigenvalue weighted by molar-refractivity contribution is 0.102. The molecule has 0 aliphatic heterocycles. The molecule has 1 N–H and O–H groups in total. The molecule has 1 rings (SSSR count). The van der Waals surface area contributed by atoms with Gasteiger partial charge in [0.2, 0.25) is 0 Å². The Hall–Kier alpha value is -1.06. The van der Waals surface area contributed by atoms with Crippen LogP contribution in [0.3, 0.4) is 0 Å². The first-order valence-electron chi connectivity index (χ1n) is 6.81. The SMILES string of the molecule is CCCCNCCOCCOc1ccccc1C. The van der Waals surface area contributed by atoms with E-state index < -0.39 is 0 Å². The van der Waals surface area contributed by atoms with Crippen molar-refractivity contribution in [3.63, 3.8) is 0 Å². The zero-order chi connectivity index (χ0) is 13.1. The van der Waals surface area contributed by atoms with Crippen molar-refractivity contribution >= 4 is 0 Å². The topological polar surface area (TPSA) is 30.5 Å². The molecule has 0 amide bonds. The lowest BCUT2D eigenvalue weighted by atomic mass is 10.2. The van der Waals surface area contributed by atoms with Crippen molar-refractivity contribution < 1.29 is 9.47 Å². The third kappa shape index (κ3) is 6.62. The molecule has 0 radical (unpaired) electrons. The van der Waals surface area contributed by atoms with Crippen LogP contribution in [0.4, 0.5) is 0 Å². The van der Waals surface area contributed by atoms with Gasteiger partial charge < -0.3 is 14.8 Å². The van der Waals surface area contributed by atoms with Gasteiger partial charge in [-0.3, -0.25) is 0 Å². The third-order valence-electron chi connectivity index (χ3n) is 2.71. The van der Waals surface area contributed by atoms with Crippen molar-refractivity contribution in [2.45, 2.75) is 26.7 Å². The number of nitrogens with one attached hydrogen (secondary N) is 1. The lowest BCUT2D eigenvalue weighted by Crippen LogP contribution is -2.21. The Morgan fingerprint density at radius 2 is 1.89 bits per heavy atom. The van der Waals surface area contributed by atoms with Crippen LogP contribution >= 0.6 is 0 Å². The summed E-state index contributed by atoms with van der Waals surface area (Å²) in [6, 6.07) is 8.04. The molecule has 0 heterocycles. The Kier molecular flexibility index (Phi) is 8.26. The molecule has 0 aliphatic rings. The Morgan fingerprint density at radius 1 is 1.06 bits per heavy atom. The average Bonchev–Trinajstić information content (AvgIpc) is 2.39. The van der Waals surface area contributed by atoms with Gasteiger partial charge >= 0.3 is 0 Å². The van der Waals surface area contributed by atoms with Gasteiger partial charge in [-0.05, 0) is 31.5 Å². The van der Waals surface area contributed by atoms with E-state index in [-0.39, 0.29) is 0 Å². The van der Waals surface area contributed by atoms with E-state index in [0.717, 1.165) is 25.4 Å². The van der Waals surface area contributed by atoms with Crippen LogP contribution in [0.2, 0.25) is 0 Å². The molecule has 0 saturated heterocycles. The minimum Gasteiger partial charge on any atom is -0.491 e. The van der Waals surface area contributed by atoms with Crippen molar-refractivity contribution in [3.05, 3.63) is 29.8 Å². The number of hydrogen-bond acceptors (Lipinski definition) is 3. The third-order valence-corrected chi connectivity index (χ3v) is 2.71. The highest BCUT2D eigenvalue weighted by atomic mass is 16.5. The molecule has 18 heavy (non-hydrogen) atoms. The summed E-state index contributed by atoms with van der Waals surface area (Å²) in [7, 11) is 0. The minimum absolute atomic E-state index is 0.611. The van der Waals surface area contributed by atoms with Crippen LogP contribution < -0.4 is 10.1 Å². The highest BCUT2D eigenvalue weighted by Crippen LogP contribution is 2.15. The fourth-order valence-corrected chi connectivity index (χ4v) is 1.60. The van der Waals surface area contributed by atoms with Gasteiger partial charge in [-0.15, -0.1) is 0 Å². The first-order chi connectivity index (χ1) is 8.84. The summed E-state index contributed by atoms with van der Waals surface area (Å²) in [6.45, 7) is 8.25. The minimum atomic E-state index is 0.611. The summed E-state index contributed by atoms with van der Waals surface area (Å²) in [6.07, 6.45) is 2.47. The molecule has 1 aromatic carbocycles. The molecule has 3 nitrogen and oxygen atoms in total. The molecule has 0 fully saturated rings. The molecule has 0 saturated carbocycles. The Bertz CT molecular complexity index is 315. The molecule has 3 heteroatoms. The second kappa shape index (κ2) is 9.92. The normalized spacial score (nSPS) is 10.6. The molecular weight excluding hydrogens is 226 g/mol. The van der Waals surface area contributed by atoms with Crippen molar-refractivity contribution in [1.82, 2.24) is 5.32 Å². The Morgan fingerprint density at radius 3 is 2.67 bits per heavy atom. The van der Waals surface area contributed by atoms with Crippen LogP contribution in [-0.4, -0.2) is 32.9 Å². The molecule has 1 aromatic rings. The van der Waals surface area contributed by atoms with E-state index in [1.807, 2.05) is 31.2 Å². The van der Waals surface area contributed by atoms with Crippen molar-refractivity contribution in [1.29, 1.82) is 0 Å². The standard InChI is InChI=1S/C15H25NO2/c1-3-4-9-16-10-11-17-12-13-18-15-8-6-5-7-14(15)2/h5-8,16H,3-4,9-13H2,1-2H3. The molecule has 102 valence electrons. The fraction of sp³-hybridized carbons (Fsp3) is 0.600. The van der Waals surface area contributed by atoms with Gasteiger partial charge in [0.15, 0.2) is 0 Å². The van der Waals surface area contributed by atoms with Crippen LogP contribution in [0.1, 0.15) is 25.3 Å². The summed E-state index contributed by atoms with van der Waals surface area (Å²) in [5.74, 6) is 0.946. The van der Waals surface area contributed by atoms with E-state index in [9.17, 15) is 0 Å². The van der Waals surface area contributed by atoms with E-state index in [0.29, 0.717) is 13.2 Å². The predicted molar refractivity (Wildman–Crippen MR) is 75.3 cm³/mol. The van der Waals surface area contributed by atoms with Crippen molar-refractivity contribution in [3.8, 4) is 5.75 Å². The highest BCUT2D eigenvalue weighted by molar-refractivity contribution is 5.31. The number of ether oxygens (including phenoxy) is 2. The quantitative estimate of drug-likeness (QED) is 0.649. The molecule has 0 aliphatic carbocycles. The van der Waals surface area contributed by atoms with Crippen LogP contribution in [0.5, 0.6) is 5.75 Å². The zero-order valence-electron chi connectivity index (χ0n) is 11.6. The Balaban J connectivity index is 1.94. The van der Waals surface area contributed by atoms with Crippen LogP contribution in [-0.2, 0) is 4.74 Å². The predicted octanol–water partition coefficient (Wildman–Crippen LogP) is 2.78. The smallest absolute Gasteiger partial charge is 0.122 e. The zero-order valence-corrected chi connectivity index (χ0v) is 11.6. The molecule has 0 spiro atoms. The maximum Gasteiger partial charge on any atom is 0.122 e. The number of hydrogen-bond donors (Lipinski definition) is 1. The first kappa shape index (κ1) is 15.0. The number of rotatable bonds is 10. The van der Waals surface area contributed by atoms with Gasteiger partial charge in [-0.25, -0.2) is 0 Å². The summed E-state index contributed by atoms with van der Waals surface area (Å²) in [5.41, 5.74) is 1.17. The van der Waals surface area contributed by atoms with E-state index in [2.05, 4.69) is 12.2 Å². The average molecular weight is 251 g/mol. The van der Waals surface area contributed by atoms with Gasteiger partial charge in [-0.1, -0.05) is 31.5 Å². The van der Waals surface area contributed by atoms with E-state index in [4.69, 9.17) is 9.47 Å². The molecule has 0 bridgehead atoms. The fourth-order valence-electron chi connectivity index (χ4n) is 1.60. The van der Waals surface area contributed by atoms with E-state index >= 15 is 0 Å². The second-order valence-corrected chi connectivity index (χ2v) is 4.33. The molecule has 0 unspecified atom stereocenters. The monoisotopic (exact) mass is 251 g/mol.